The highest BCUT2D eigenvalue weighted by atomic mass is 16.2. The molecule has 0 bridgehead atoms. The highest BCUT2D eigenvalue weighted by Crippen LogP contribution is 2.28. The SMILES string of the molecule is CC(=O)N1CCc2nc(N)nc(-c3ccncc3)c2C1. The van der Waals surface area contributed by atoms with Crippen LogP contribution in [0.2, 0.25) is 0 Å². The number of nitrogens with zero attached hydrogens (tertiary/aromatic N) is 4. The van der Waals surface area contributed by atoms with Crippen LogP contribution in [-0.2, 0) is 17.8 Å². The van der Waals surface area contributed by atoms with Gasteiger partial charge in [0.1, 0.15) is 0 Å². The first-order valence-electron chi connectivity index (χ1n) is 6.46. The third kappa shape index (κ3) is 2.20. The maximum atomic E-state index is 11.6. The predicted molar refractivity (Wildman–Crippen MR) is 74.5 cm³/mol. The summed E-state index contributed by atoms with van der Waals surface area (Å²) in [7, 11) is 0. The maximum Gasteiger partial charge on any atom is 0.220 e. The smallest absolute Gasteiger partial charge is 0.220 e. The number of pyridine rings is 1. The van der Waals surface area contributed by atoms with E-state index in [1.54, 1.807) is 24.2 Å². The van der Waals surface area contributed by atoms with Gasteiger partial charge in [0.05, 0.1) is 11.4 Å². The van der Waals surface area contributed by atoms with E-state index in [4.69, 9.17) is 5.73 Å². The van der Waals surface area contributed by atoms with Gasteiger partial charge in [-0.2, -0.15) is 0 Å². The number of nitrogens with two attached hydrogens (primary N) is 1. The lowest BCUT2D eigenvalue weighted by atomic mass is 10.00. The standard InChI is InChI=1S/C14H15N5O/c1-9(20)19-7-4-12-11(8-19)13(18-14(15)17-12)10-2-5-16-6-3-10/h2-3,5-6H,4,7-8H2,1H3,(H2,15,17,18). The number of hydrogen-bond donors (Lipinski definition) is 1. The van der Waals surface area contributed by atoms with Crippen molar-refractivity contribution in [3.63, 3.8) is 0 Å². The minimum atomic E-state index is 0.0631. The Morgan fingerprint density at radius 2 is 2.05 bits per heavy atom. The molecule has 0 spiro atoms. The zero-order valence-corrected chi connectivity index (χ0v) is 11.2. The molecular weight excluding hydrogens is 254 g/mol. The minimum absolute atomic E-state index is 0.0631. The molecule has 2 aromatic heterocycles. The molecule has 1 aliphatic heterocycles. The fourth-order valence-electron chi connectivity index (χ4n) is 2.45. The van der Waals surface area contributed by atoms with Crippen LogP contribution in [0.5, 0.6) is 0 Å². The summed E-state index contributed by atoms with van der Waals surface area (Å²) in [6.45, 7) is 2.78. The maximum absolute atomic E-state index is 11.6. The van der Waals surface area contributed by atoms with E-state index in [-0.39, 0.29) is 11.9 Å². The van der Waals surface area contributed by atoms with Crippen LogP contribution >= 0.6 is 0 Å². The van der Waals surface area contributed by atoms with Gasteiger partial charge in [-0.05, 0) is 12.1 Å². The van der Waals surface area contributed by atoms with E-state index in [2.05, 4.69) is 15.0 Å². The van der Waals surface area contributed by atoms with E-state index >= 15 is 0 Å². The van der Waals surface area contributed by atoms with E-state index in [0.29, 0.717) is 19.5 Å². The predicted octanol–water partition coefficient (Wildman–Crippen LogP) is 1.03. The Morgan fingerprint density at radius 3 is 2.75 bits per heavy atom. The second-order valence-electron chi connectivity index (χ2n) is 4.78. The Kier molecular flexibility index (Phi) is 3.06. The van der Waals surface area contributed by atoms with Crippen LogP contribution in [0.15, 0.2) is 24.5 Å². The van der Waals surface area contributed by atoms with E-state index in [9.17, 15) is 4.79 Å². The van der Waals surface area contributed by atoms with Gasteiger partial charge in [0.2, 0.25) is 11.9 Å². The van der Waals surface area contributed by atoms with Gasteiger partial charge in [-0.25, -0.2) is 9.97 Å². The van der Waals surface area contributed by atoms with Crippen molar-refractivity contribution in [2.75, 3.05) is 12.3 Å². The molecule has 0 saturated carbocycles. The van der Waals surface area contributed by atoms with Crippen LogP contribution in [0.1, 0.15) is 18.2 Å². The Morgan fingerprint density at radius 1 is 1.30 bits per heavy atom. The van der Waals surface area contributed by atoms with Crippen LogP contribution in [0.4, 0.5) is 5.95 Å². The molecular formula is C14H15N5O. The summed E-state index contributed by atoms with van der Waals surface area (Å²) in [5.74, 6) is 0.333. The quantitative estimate of drug-likeness (QED) is 0.835. The van der Waals surface area contributed by atoms with Crippen molar-refractivity contribution in [3.05, 3.63) is 35.8 Å². The number of nitrogen functional groups attached to an aromatic ring is 1. The van der Waals surface area contributed by atoms with Crippen molar-refractivity contribution < 1.29 is 4.79 Å². The van der Waals surface area contributed by atoms with Crippen LogP contribution in [0.25, 0.3) is 11.3 Å². The van der Waals surface area contributed by atoms with Crippen molar-refractivity contribution in [2.45, 2.75) is 19.9 Å². The van der Waals surface area contributed by atoms with Gasteiger partial charge in [0.15, 0.2) is 0 Å². The summed E-state index contributed by atoms with van der Waals surface area (Å²) in [4.78, 5) is 26.0. The fraction of sp³-hybridized carbons (Fsp3) is 0.286. The third-order valence-corrected chi connectivity index (χ3v) is 3.48. The van der Waals surface area contributed by atoms with Crippen LogP contribution in [0.3, 0.4) is 0 Å². The Bertz CT molecular complexity index is 656. The van der Waals surface area contributed by atoms with Crippen molar-refractivity contribution in [2.24, 2.45) is 0 Å². The molecule has 1 aliphatic rings. The second kappa shape index (κ2) is 4.88. The molecule has 6 nitrogen and oxygen atoms in total. The second-order valence-corrected chi connectivity index (χ2v) is 4.78. The van der Waals surface area contributed by atoms with Crippen molar-refractivity contribution >= 4 is 11.9 Å². The van der Waals surface area contributed by atoms with E-state index in [1.807, 2.05) is 12.1 Å². The van der Waals surface area contributed by atoms with E-state index in [0.717, 1.165) is 22.5 Å². The number of aromatic nitrogens is 3. The number of amides is 1. The molecule has 0 unspecified atom stereocenters. The summed E-state index contributed by atoms with van der Waals surface area (Å²) >= 11 is 0. The molecule has 2 aromatic rings. The highest BCUT2D eigenvalue weighted by molar-refractivity contribution is 5.74. The summed E-state index contributed by atoms with van der Waals surface area (Å²) in [5, 5.41) is 0. The van der Waals surface area contributed by atoms with Gasteiger partial charge in [-0.15, -0.1) is 0 Å². The molecule has 2 N–H and O–H groups in total. The van der Waals surface area contributed by atoms with Crippen molar-refractivity contribution in [3.8, 4) is 11.3 Å². The Hall–Kier alpha value is -2.50. The summed E-state index contributed by atoms with van der Waals surface area (Å²) in [6.07, 6.45) is 4.14. The number of carbonyl (C=O) groups is 1. The molecule has 102 valence electrons. The summed E-state index contributed by atoms with van der Waals surface area (Å²) < 4.78 is 0. The number of carbonyl (C=O) groups excluding carboxylic acids is 1. The fourth-order valence-corrected chi connectivity index (χ4v) is 2.45. The molecule has 0 radical (unpaired) electrons. The summed E-state index contributed by atoms with van der Waals surface area (Å²) in [5.41, 5.74) is 9.44. The number of anilines is 1. The molecule has 3 rings (SSSR count). The lowest BCUT2D eigenvalue weighted by molar-refractivity contribution is -0.129. The van der Waals surface area contributed by atoms with E-state index < -0.39 is 0 Å². The van der Waals surface area contributed by atoms with Gasteiger partial charge in [-0.3, -0.25) is 9.78 Å². The monoisotopic (exact) mass is 269 g/mol. The third-order valence-electron chi connectivity index (χ3n) is 3.48. The minimum Gasteiger partial charge on any atom is -0.368 e. The van der Waals surface area contributed by atoms with Gasteiger partial charge in [-0.1, -0.05) is 0 Å². The lowest BCUT2D eigenvalue weighted by Crippen LogP contribution is -2.35. The molecule has 0 aromatic carbocycles. The number of hydrogen-bond acceptors (Lipinski definition) is 5. The number of fused-ring (bicyclic) bond motifs is 1. The average molecular weight is 269 g/mol. The molecule has 0 atom stereocenters. The highest BCUT2D eigenvalue weighted by Gasteiger charge is 2.23. The number of rotatable bonds is 1. The van der Waals surface area contributed by atoms with Gasteiger partial charge in [0.25, 0.3) is 0 Å². The van der Waals surface area contributed by atoms with Gasteiger partial charge >= 0.3 is 0 Å². The normalized spacial score (nSPS) is 13.9. The zero-order valence-electron chi connectivity index (χ0n) is 11.2. The molecule has 0 saturated heterocycles. The Balaban J connectivity index is 2.11. The molecule has 0 fully saturated rings. The molecule has 20 heavy (non-hydrogen) atoms. The topological polar surface area (TPSA) is 85.0 Å². The first-order chi connectivity index (χ1) is 9.65. The van der Waals surface area contributed by atoms with Crippen molar-refractivity contribution in [1.82, 2.24) is 19.9 Å². The lowest BCUT2D eigenvalue weighted by Gasteiger charge is -2.28. The zero-order chi connectivity index (χ0) is 14.1. The molecule has 0 aliphatic carbocycles. The molecule has 3 heterocycles. The van der Waals surface area contributed by atoms with Crippen LogP contribution < -0.4 is 5.73 Å². The molecule has 6 heteroatoms. The largest absolute Gasteiger partial charge is 0.368 e. The van der Waals surface area contributed by atoms with E-state index in [1.165, 1.54) is 0 Å². The van der Waals surface area contributed by atoms with Gasteiger partial charge < -0.3 is 10.6 Å². The van der Waals surface area contributed by atoms with Crippen molar-refractivity contribution in [1.29, 1.82) is 0 Å². The molecule has 1 amide bonds. The van der Waals surface area contributed by atoms with Crippen LogP contribution in [-0.4, -0.2) is 32.3 Å². The first-order valence-corrected chi connectivity index (χ1v) is 6.46. The summed E-state index contributed by atoms with van der Waals surface area (Å²) in [6, 6.07) is 3.77. The first kappa shape index (κ1) is 12.5. The van der Waals surface area contributed by atoms with Crippen LogP contribution in [0, 0.1) is 0 Å². The average Bonchev–Trinajstić information content (AvgIpc) is 2.46. The Labute approximate surface area is 116 Å². The van der Waals surface area contributed by atoms with Gasteiger partial charge in [0, 0.05) is 50.0 Å².